The van der Waals surface area contributed by atoms with Crippen molar-refractivity contribution in [1.29, 1.82) is 0 Å². The van der Waals surface area contributed by atoms with Crippen molar-refractivity contribution in [3.63, 3.8) is 0 Å². The molecule has 0 amide bonds. The maximum atomic E-state index is 11.5. The van der Waals surface area contributed by atoms with Crippen LogP contribution in [0.4, 0.5) is 0 Å². The van der Waals surface area contributed by atoms with Crippen LogP contribution in [-0.4, -0.2) is 53.6 Å². The van der Waals surface area contributed by atoms with Crippen LogP contribution < -0.4 is 0 Å². The first-order valence-corrected chi connectivity index (χ1v) is 6.50. The number of methoxy groups -OCH3 is 1. The van der Waals surface area contributed by atoms with Gasteiger partial charge in [-0.3, -0.25) is 9.58 Å². The molecule has 7 heteroatoms. The maximum Gasteiger partial charge on any atom is 0.336 e. The summed E-state index contributed by atoms with van der Waals surface area (Å²) in [5.41, 5.74) is 1.77. The van der Waals surface area contributed by atoms with Crippen LogP contribution in [-0.2, 0) is 27.9 Å². The van der Waals surface area contributed by atoms with Gasteiger partial charge in [-0.2, -0.15) is 5.10 Å². The van der Waals surface area contributed by atoms with E-state index < -0.39 is 6.10 Å². The van der Waals surface area contributed by atoms with Gasteiger partial charge in [0.15, 0.2) is 6.10 Å². The van der Waals surface area contributed by atoms with Crippen LogP contribution in [0.25, 0.3) is 0 Å². The van der Waals surface area contributed by atoms with E-state index in [0.717, 1.165) is 17.9 Å². The third-order valence-corrected chi connectivity index (χ3v) is 3.74. The zero-order valence-electron chi connectivity index (χ0n) is 11.4. The second-order valence-electron chi connectivity index (χ2n) is 4.59. The highest BCUT2D eigenvalue weighted by Crippen LogP contribution is 2.21. The summed E-state index contributed by atoms with van der Waals surface area (Å²) in [6.45, 7) is 4.30. The van der Waals surface area contributed by atoms with E-state index in [2.05, 4.69) is 10.00 Å². The molecular formula is C12H18ClN3O3. The summed E-state index contributed by atoms with van der Waals surface area (Å²) in [4.78, 5) is 13.6. The number of carbonyl (C=O) groups is 1. The van der Waals surface area contributed by atoms with Crippen LogP contribution in [0.1, 0.15) is 11.4 Å². The lowest BCUT2D eigenvalue weighted by atomic mass is 10.2. The number of hydrogen-bond donors (Lipinski definition) is 0. The van der Waals surface area contributed by atoms with Gasteiger partial charge in [-0.15, -0.1) is 0 Å². The average molecular weight is 288 g/mol. The lowest BCUT2D eigenvalue weighted by Gasteiger charge is -2.31. The van der Waals surface area contributed by atoms with Gasteiger partial charge in [-0.25, -0.2) is 4.79 Å². The second-order valence-corrected chi connectivity index (χ2v) is 4.97. The second kappa shape index (κ2) is 5.90. The summed E-state index contributed by atoms with van der Waals surface area (Å²) in [7, 11) is 3.23. The Labute approximate surface area is 117 Å². The molecule has 0 aromatic carbocycles. The van der Waals surface area contributed by atoms with Gasteiger partial charge >= 0.3 is 5.97 Å². The number of carbonyl (C=O) groups excluding carboxylic acids is 1. The van der Waals surface area contributed by atoms with Gasteiger partial charge < -0.3 is 9.47 Å². The summed E-state index contributed by atoms with van der Waals surface area (Å²) in [5.74, 6) is -0.336. The standard InChI is InChI=1S/C12H18ClN3O3/c1-8-11(13)9(15(2)14-8)6-16-4-5-19-10(7-16)12(17)18-3/h10H,4-7H2,1-3H3. The highest BCUT2D eigenvalue weighted by molar-refractivity contribution is 6.31. The molecule has 2 heterocycles. The Hall–Kier alpha value is -1.11. The van der Waals surface area contributed by atoms with Gasteiger partial charge in [0.05, 0.1) is 30.1 Å². The smallest absolute Gasteiger partial charge is 0.336 e. The van der Waals surface area contributed by atoms with Crippen molar-refractivity contribution in [3.05, 3.63) is 16.4 Å². The number of aromatic nitrogens is 2. The summed E-state index contributed by atoms with van der Waals surface area (Å²) in [6, 6.07) is 0. The Bertz CT molecular complexity index is 475. The molecule has 1 atom stereocenters. The van der Waals surface area contributed by atoms with Crippen LogP contribution in [0.3, 0.4) is 0 Å². The lowest BCUT2D eigenvalue weighted by Crippen LogP contribution is -2.46. The fourth-order valence-electron chi connectivity index (χ4n) is 2.18. The summed E-state index contributed by atoms with van der Waals surface area (Å²) in [6.07, 6.45) is -0.521. The minimum atomic E-state index is -0.521. The molecule has 1 aliphatic heterocycles. The largest absolute Gasteiger partial charge is 0.467 e. The van der Waals surface area contributed by atoms with E-state index in [1.807, 2.05) is 14.0 Å². The number of rotatable bonds is 3. The Balaban J connectivity index is 2.04. The van der Waals surface area contributed by atoms with Crippen molar-refractivity contribution in [3.8, 4) is 0 Å². The fourth-order valence-corrected chi connectivity index (χ4v) is 2.40. The topological polar surface area (TPSA) is 56.6 Å². The van der Waals surface area contributed by atoms with E-state index in [0.29, 0.717) is 24.7 Å². The highest BCUT2D eigenvalue weighted by Gasteiger charge is 2.28. The molecule has 106 valence electrons. The molecule has 19 heavy (non-hydrogen) atoms. The van der Waals surface area contributed by atoms with Crippen molar-refractivity contribution in [2.24, 2.45) is 7.05 Å². The van der Waals surface area contributed by atoms with Crippen molar-refractivity contribution in [2.75, 3.05) is 26.8 Å². The van der Waals surface area contributed by atoms with Gasteiger partial charge in [0.1, 0.15) is 0 Å². The first-order chi connectivity index (χ1) is 9.02. The predicted molar refractivity (Wildman–Crippen MR) is 70.0 cm³/mol. The van der Waals surface area contributed by atoms with E-state index in [4.69, 9.17) is 21.1 Å². The normalized spacial score (nSPS) is 20.5. The average Bonchev–Trinajstić information content (AvgIpc) is 2.65. The van der Waals surface area contributed by atoms with Gasteiger partial charge in [0.2, 0.25) is 0 Å². The molecule has 1 fully saturated rings. The third kappa shape index (κ3) is 3.08. The minimum absolute atomic E-state index is 0.336. The molecular weight excluding hydrogens is 270 g/mol. The molecule has 0 saturated carbocycles. The number of halogens is 1. The molecule has 1 aromatic heterocycles. The van der Waals surface area contributed by atoms with E-state index in [9.17, 15) is 4.79 Å². The molecule has 1 saturated heterocycles. The van der Waals surface area contributed by atoms with Crippen LogP contribution in [0.2, 0.25) is 5.02 Å². The number of esters is 1. The van der Waals surface area contributed by atoms with Gasteiger partial charge in [-0.05, 0) is 6.92 Å². The lowest BCUT2D eigenvalue weighted by molar-refractivity contribution is -0.160. The molecule has 6 nitrogen and oxygen atoms in total. The third-order valence-electron chi connectivity index (χ3n) is 3.25. The first-order valence-electron chi connectivity index (χ1n) is 6.12. The zero-order chi connectivity index (χ0) is 14.0. The molecule has 0 bridgehead atoms. The van der Waals surface area contributed by atoms with E-state index in [1.165, 1.54) is 7.11 Å². The Morgan fingerprint density at radius 3 is 2.95 bits per heavy atom. The summed E-state index contributed by atoms with van der Waals surface area (Å²) >= 11 is 6.23. The Morgan fingerprint density at radius 2 is 2.37 bits per heavy atom. The van der Waals surface area contributed by atoms with Crippen LogP contribution in [0.15, 0.2) is 0 Å². The van der Waals surface area contributed by atoms with Gasteiger partial charge in [0, 0.05) is 26.7 Å². The van der Waals surface area contributed by atoms with E-state index in [-0.39, 0.29) is 5.97 Å². The minimum Gasteiger partial charge on any atom is -0.467 e. The number of hydrogen-bond acceptors (Lipinski definition) is 5. The molecule has 0 spiro atoms. The monoisotopic (exact) mass is 287 g/mol. The Kier molecular flexibility index (Phi) is 4.44. The zero-order valence-corrected chi connectivity index (χ0v) is 12.1. The van der Waals surface area contributed by atoms with Gasteiger partial charge in [0.25, 0.3) is 0 Å². The van der Waals surface area contributed by atoms with E-state index >= 15 is 0 Å². The van der Waals surface area contributed by atoms with Crippen LogP contribution >= 0.6 is 11.6 Å². The first kappa shape index (κ1) is 14.3. The molecule has 0 N–H and O–H groups in total. The number of nitrogens with zero attached hydrogens (tertiary/aromatic N) is 3. The van der Waals surface area contributed by atoms with Crippen molar-refractivity contribution in [1.82, 2.24) is 14.7 Å². The SMILES string of the molecule is COC(=O)C1CN(Cc2c(Cl)c(C)nn2C)CCO1. The number of ether oxygens (including phenoxy) is 2. The van der Waals surface area contributed by atoms with Crippen molar-refractivity contribution < 1.29 is 14.3 Å². The van der Waals surface area contributed by atoms with Crippen molar-refractivity contribution >= 4 is 17.6 Å². The maximum absolute atomic E-state index is 11.5. The van der Waals surface area contributed by atoms with Crippen LogP contribution in [0, 0.1) is 6.92 Å². The number of morpholine rings is 1. The molecule has 1 aromatic rings. The highest BCUT2D eigenvalue weighted by atomic mass is 35.5. The molecule has 0 radical (unpaired) electrons. The molecule has 2 rings (SSSR count). The predicted octanol–water partition coefficient (Wildman–Crippen LogP) is 0.756. The van der Waals surface area contributed by atoms with Gasteiger partial charge in [-0.1, -0.05) is 11.6 Å². The van der Waals surface area contributed by atoms with Crippen molar-refractivity contribution in [2.45, 2.75) is 19.6 Å². The van der Waals surface area contributed by atoms with E-state index in [1.54, 1.807) is 4.68 Å². The molecule has 0 aliphatic carbocycles. The number of aryl methyl sites for hydroxylation is 2. The molecule has 1 aliphatic rings. The Morgan fingerprint density at radius 1 is 1.63 bits per heavy atom. The summed E-state index contributed by atoms with van der Waals surface area (Å²) < 4.78 is 11.9. The van der Waals surface area contributed by atoms with Crippen LogP contribution in [0.5, 0.6) is 0 Å². The fraction of sp³-hybridized carbons (Fsp3) is 0.667. The quantitative estimate of drug-likeness (QED) is 0.768. The molecule has 1 unspecified atom stereocenters. The summed E-state index contributed by atoms with van der Waals surface area (Å²) in [5, 5.41) is 4.97.